The Morgan fingerprint density at radius 1 is 1.36 bits per heavy atom. The molecular weight excluding hydrogens is 282 g/mol. The molecule has 1 saturated carbocycles. The summed E-state index contributed by atoms with van der Waals surface area (Å²) >= 11 is 0. The molecule has 1 aliphatic carbocycles. The van der Waals surface area contributed by atoms with E-state index in [4.69, 9.17) is 0 Å². The van der Waals surface area contributed by atoms with Crippen molar-refractivity contribution in [1.29, 1.82) is 0 Å². The largest absolute Gasteiger partial charge is 0.351 e. The first-order valence-electron chi connectivity index (χ1n) is 7.72. The number of carbonyl (C=O) groups is 2. The molecule has 6 nitrogen and oxygen atoms in total. The molecule has 0 bridgehead atoms. The third-order valence-electron chi connectivity index (χ3n) is 4.45. The fourth-order valence-electron chi connectivity index (χ4n) is 3.07. The number of likely N-dealkylation sites (tertiary alicyclic amines) is 1. The van der Waals surface area contributed by atoms with Crippen LogP contribution in [0.4, 0.5) is 0 Å². The van der Waals surface area contributed by atoms with E-state index in [9.17, 15) is 14.4 Å². The van der Waals surface area contributed by atoms with Crippen LogP contribution in [0.3, 0.4) is 0 Å². The van der Waals surface area contributed by atoms with Crippen LogP contribution in [0.2, 0.25) is 0 Å². The summed E-state index contributed by atoms with van der Waals surface area (Å²) in [5, 5.41) is 2.80. The zero-order valence-electron chi connectivity index (χ0n) is 12.9. The Balaban J connectivity index is 1.61. The third-order valence-corrected chi connectivity index (χ3v) is 4.45. The molecule has 2 amide bonds. The van der Waals surface area contributed by atoms with Crippen LogP contribution in [0.1, 0.15) is 36.1 Å². The van der Waals surface area contributed by atoms with Crippen LogP contribution < -0.4 is 10.9 Å². The van der Waals surface area contributed by atoms with Crippen LogP contribution in [-0.2, 0) is 16.1 Å². The number of aromatic nitrogens is 1. The fourth-order valence-corrected chi connectivity index (χ4v) is 3.07. The minimum absolute atomic E-state index is 0.0759. The number of nitrogens with one attached hydrogen (secondary N) is 2. The summed E-state index contributed by atoms with van der Waals surface area (Å²) in [7, 11) is 0. The molecule has 1 saturated heterocycles. The van der Waals surface area contributed by atoms with Gasteiger partial charge in [-0.25, -0.2) is 0 Å². The summed E-state index contributed by atoms with van der Waals surface area (Å²) in [6, 6.07) is 2.24. The van der Waals surface area contributed by atoms with E-state index in [1.54, 1.807) is 0 Å². The van der Waals surface area contributed by atoms with E-state index in [0.29, 0.717) is 18.2 Å². The molecule has 1 atom stereocenters. The van der Waals surface area contributed by atoms with Gasteiger partial charge in [0, 0.05) is 36.8 Å². The van der Waals surface area contributed by atoms with E-state index in [-0.39, 0.29) is 36.3 Å². The van der Waals surface area contributed by atoms with Gasteiger partial charge in [0.25, 0.3) is 5.56 Å². The van der Waals surface area contributed by atoms with E-state index in [1.807, 2.05) is 24.8 Å². The molecule has 0 aromatic carbocycles. The molecule has 1 aliphatic heterocycles. The molecule has 0 unspecified atom stereocenters. The summed E-state index contributed by atoms with van der Waals surface area (Å²) in [6.07, 6.45) is 2.39. The lowest BCUT2D eigenvalue weighted by Gasteiger charge is -2.15. The van der Waals surface area contributed by atoms with Crippen LogP contribution in [0.15, 0.2) is 10.9 Å². The minimum Gasteiger partial charge on any atom is -0.351 e. The number of hydrogen-bond acceptors (Lipinski definition) is 3. The quantitative estimate of drug-likeness (QED) is 0.855. The van der Waals surface area contributed by atoms with E-state index in [1.165, 1.54) is 0 Å². The van der Waals surface area contributed by atoms with Crippen molar-refractivity contribution in [3.8, 4) is 0 Å². The van der Waals surface area contributed by atoms with Gasteiger partial charge in [-0.05, 0) is 38.3 Å². The van der Waals surface area contributed by atoms with E-state index < -0.39 is 0 Å². The van der Waals surface area contributed by atoms with Crippen molar-refractivity contribution >= 4 is 11.8 Å². The first kappa shape index (κ1) is 14.8. The SMILES string of the molecule is Cc1cc(C)c(CNC(=O)[C@H]2CC(=O)N(C3CC3)C2)c(=O)[nH]1. The number of aryl methyl sites for hydroxylation is 2. The Bertz CT molecular complexity index is 676. The minimum atomic E-state index is -0.294. The van der Waals surface area contributed by atoms with Crippen LogP contribution >= 0.6 is 0 Å². The molecule has 2 aliphatic rings. The lowest BCUT2D eigenvalue weighted by atomic mass is 10.1. The average Bonchev–Trinajstić information content (AvgIpc) is 3.20. The smallest absolute Gasteiger partial charge is 0.253 e. The topological polar surface area (TPSA) is 82.3 Å². The monoisotopic (exact) mass is 303 g/mol. The maximum atomic E-state index is 12.2. The molecule has 2 fully saturated rings. The molecule has 0 spiro atoms. The highest BCUT2D eigenvalue weighted by Crippen LogP contribution is 2.32. The molecule has 1 aromatic rings. The van der Waals surface area contributed by atoms with Gasteiger partial charge in [0.2, 0.25) is 11.8 Å². The molecule has 2 heterocycles. The van der Waals surface area contributed by atoms with Crippen molar-refractivity contribution in [1.82, 2.24) is 15.2 Å². The van der Waals surface area contributed by atoms with Gasteiger partial charge in [-0.1, -0.05) is 0 Å². The van der Waals surface area contributed by atoms with Gasteiger partial charge in [0.15, 0.2) is 0 Å². The van der Waals surface area contributed by atoms with Crippen LogP contribution in [-0.4, -0.2) is 34.3 Å². The second-order valence-electron chi connectivity index (χ2n) is 6.34. The number of rotatable bonds is 4. The Hall–Kier alpha value is -2.11. The number of amides is 2. The third kappa shape index (κ3) is 2.91. The number of pyridine rings is 1. The summed E-state index contributed by atoms with van der Waals surface area (Å²) in [4.78, 5) is 40.6. The van der Waals surface area contributed by atoms with Crippen molar-refractivity contribution in [2.45, 2.75) is 45.7 Å². The zero-order chi connectivity index (χ0) is 15.9. The van der Waals surface area contributed by atoms with Crippen molar-refractivity contribution in [3.63, 3.8) is 0 Å². The van der Waals surface area contributed by atoms with E-state index in [0.717, 1.165) is 24.1 Å². The van der Waals surface area contributed by atoms with Gasteiger partial charge >= 0.3 is 0 Å². The highest BCUT2D eigenvalue weighted by atomic mass is 16.2. The van der Waals surface area contributed by atoms with Crippen LogP contribution in [0.5, 0.6) is 0 Å². The van der Waals surface area contributed by atoms with Crippen molar-refractivity contribution in [3.05, 3.63) is 33.2 Å². The lowest BCUT2D eigenvalue weighted by molar-refractivity contribution is -0.129. The van der Waals surface area contributed by atoms with Crippen molar-refractivity contribution in [2.24, 2.45) is 5.92 Å². The summed E-state index contributed by atoms with van der Waals surface area (Å²) in [6.45, 7) is 4.40. The zero-order valence-corrected chi connectivity index (χ0v) is 12.9. The second kappa shape index (κ2) is 5.59. The van der Waals surface area contributed by atoms with Crippen LogP contribution in [0, 0.1) is 19.8 Å². The number of nitrogens with zero attached hydrogens (tertiary/aromatic N) is 1. The molecule has 22 heavy (non-hydrogen) atoms. The number of H-pyrrole nitrogens is 1. The van der Waals surface area contributed by atoms with Gasteiger partial charge < -0.3 is 15.2 Å². The van der Waals surface area contributed by atoms with Gasteiger partial charge in [0.05, 0.1) is 5.92 Å². The summed E-state index contributed by atoms with van der Waals surface area (Å²) < 4.78 is 0. The Labute approximate surface area is 128 Å². The summed E-state index contributed by atoms with van der Waals surface area (Å²) in [5.74, 6) is -0.360. The van der Waals surface area contributed by atoms with Gasteiger partial charge in [0.1, 0.15) is 0 Å². The van der Waals surface area contributed by atoms with Crippen molar-refractivity contribution < 1.29 is 9.59 Å². The number of aromatic amines is 1. The standard InChI is InChI=1S/C16H21N3O3/c1-9-5-10(2)18-16(22)13(9)7-17-15(21)11-6-14(20)19(8-11)12-3-4-12/h5,11-12H,3-4,6-8H2,1-2H3,(H,17,21)(H,18,22)/t11-/m0/s1. The van der Waals surface area contributed by atoms with Gasteiger partial charge in [-0.3, -0.25) is 14.4 Å². The fraction of sp³-hybridized carbons (Fsp3) is 0.562. The van der Waals surface area contributed by atoms with Crippen LogP contribution in [0.25, 0.3) is 0 Å². The normalized spacial score (nSPS) is 21.3. The Morgan fingerprint density at radius 2 is 2.09 bits per heavy atom. The predicted octanol–water partition coefficient (Wildman–Crippen LogP) is 0.619. The molecule has 118 valence electrons. The second-order valence-corrected chi connectivity index (χ2v) is 6.34. The number of hydrogen-bond donors (Lipinski definition) is 2. The van der Waals surface area contributed by atoms with Crippen molar-refractivity contribution in [2.75, 3.05) is 6.54 Å². The van der Waals surface area contributed by atoms with E-state index in [2.05, 4.69) is 10.3 Å². The van der Waals surface area contributed by atoms with Gasteiger partial charge in [-0.15, -0.1) is 0 Å². The average molecular weight is 303 g/mol. The maximum absolute atomic E-state index is 12.2. The first-order chi connectivity index (χ1) is 10.5. The lowest BCUT2D eigenvalue weighted by Crippen LogP contribution is -2.34. The molecule has 2 N–H and O–H groups in total. The molecule has 0 radical (unpaired) electrons. The van der Waals surface area contributed by atoms with E-state index >= 15 is 0 Å². The highest BCUT2D eigenvalue weighted by Gasteiger charge is 2.41. The number of carbonyl (C=O) groups excluding carboxylic acids is 2. The predicted molar refractivity (Wildman–Crippen MR) is 81.2 cm³/mol. The molecule has 1 aromatic heterocycles. The maximum Gasteiger partial charge on any atom is 0.253 e. The Morgan fingerprint density at radius 3 is 2.73 bits per heavy atom. The molecular formula is C16H21N3O3. The Kier molecular flexibility index (Phi) is 3.76. The molecule has 6 heteroatoms. The van der Waals surface area contributed by atoms with Gasteiger partial charge in [-0.2, -0.15) is 0 Å². The summed E-state index contributed by atoms with van der Waals surface area (Å²) in [5.41, 5.74) is 2.07. The first-order valence-corrected chi connectivity index (χ1v) is 7.72. The molecule has 3 rings (SSSR count). The highest BCUT2D eigenvalue weighted by molar-refractivity contribution is 5.89.